The number of carbonyl (C=O) groups excluding carboxylic acids is 1. The summed E-state index contributed by atoms with van der Waals surface area (Å²) in [5.41, 5.74) is 0. The Morgan fingerprint density at radius 2 is 1.85 bits per heavy atom. The zero-order valence-electron chi connectivity index (χ0n) is 17.9. The monoisotopic (exact) mass is 403 g/mol. The van der Waals surface area contributed by atoms with Crippen molar-refractivity contribution in [1.29, 1.82) is 0 Å². The summed E-state index contributed by atoms with van der Waals surface area (Å²) in [7, 11) is 5.33. The molecule has 0 aromatic heterocycles. The SMILES string of the molecule is CC.CC.C[B]C#CCNC(=O)CCCCOCSSCCNC(C)C. The minimum Gasteiger partial charge on any atom is -0.370 e. The largest absolute Gasteiger partial charge is 0.370 e. The second kappa shape index (κ2) is 29.5. The lowest BCUT2D eigenvalue weighted by Gasteiger charge is -2.07. The van der Waals surface area contributed by atoms with E-state index in [2.05, 4.69) is 36.2 Å². The summed E-state index contributed by atoms with van der Waals surface area (Å²) >= 11 is 0. The van der Waals surface area contributed by atoms with Crippen LogP contribution in [0, 0.1) is 11.7 Å². The minimum absolute atomic E-state index is 0.0630. The van der Waals surface area contributed by atoms with Crippen LogP contribution in [-0.2, 0) is 9.53 Å². The third-order valence-electron chi connectivity index (χ3n) is 2.52. The van der Waals surface area contributed by atoms with Crippen molar-refractivity contribution in [2.45, 2.75) is 73.7 Å². The number of rotatable bonds is 13. The Morgan fingerprint density at radius 3 is 2.46 bits per heavy atom. The topological polar surface area (TPSA) is 50.4 Å². The van der Waals surface area contributed by atoms with Crippen LogP contribution in [0.15, 0.2) is 0 Å². The first kappa shape index (κ1) is 30.4. The normalized spacial score (nSPS) is 9.08. The van der Waals surface area contributed by atoms with Crippen LogP contribution in [0.1, 0.15) is 60.8 Å². The smallest absolute Gasteiger partial charge is 0.220 e. The van der Waals surface area contributed by atoms with Gasteiger partial charge in [0.05, 0.1) is 6.54 Å². The highest BCUT2D eigenvalue weighted by Gasteiger charge is 1.99. The Morgan fingerprint density at radius 1 is 1.15 bits per heavy atom. The van der Waals surface area contributed by atoms with Gasteiger partial charge in [0.1, 0.15) is 5.94 Å². The molecule has 26 heavy (non-hydrogen) atoms. The van der Waals surface area contributed by atoms with Gasteiger partial charge in [-0.3, -0.25) is 4.79 Å². The fourth-order valence-corrected chi connectivity index (χ4v) is 3.03. The van der Waals surface area contributed by atoms with Crippen molar-refractivity contribution in [2.24, 2.45) is 0 Å². The molecule has 0 saturated heterocycles. The zero-order chi connectivity index (χ0) is 20.5. The van der Waals surface area contributed by atoms with E-state index in [1.165, 1.54) is 0 Å². The molecule has 2 N–H and O–H groups in total. The Bertz CT molecular complexity index is 335. The Balaban J connectivity index is -0.00000123. The van der Waals surface area contributed by atoms with Crippen LogP contribution in [0.25, 0.3) is 0 Å². The number of amides is 1. The molecule has 0 spiro atoms. The molecule has 0 heterocycles. The number of hydrogen-bond acceptors (Lipinski definition) is 5. The van der Waals surface area contributed by atoms with Crippen LogP contribution in [0.5, 0.6) is 0 Å². The van der Waals surface area contributed by atoms with Crippen molar-refractivity contribution in [1.82, 2.24) is 10.6 Å². The van der Waals surface area contributed by atoms with E-state index in [1.807, 2.05) is 45.3 Å². The van der Waals surface area contributed by atoms with E-state index in [1.54, 1.807) is 18.1 Å². The highest BCUT2D eigenvalue weighted by atomic mass is 33.1. The van der Waals surface area contributed by atoms with E-state index in [9.17, 15) is 4.79 Å². The van der Waals surface area contributed by atoms with E-state index >= 15 is 0 Å². The predicted molar refractivity (Wildman–Crippen MR) is 123 cm³/mol. The van der Waals surface area contributed by atoms with Crippen LogP contribution in [0.3, 0.4) is 0 Å². The van der Waals surface area contributed by atoms with Crippen molar-refractivity contribution >= 4 is 34.8 Å². The fraction of sp³-hybridized carbons (Fsp3) is 0.842. The van der Waals surface area contributed by atoms with Gasteiger partial charge < -0.3 is 15.4 Å². The highest BCUT2D eigenvalue weighted by Crippen LogP contribution is 2.20. The van der Waals surface area contributed by atoms with E-state index in [-0.39, 0.29) is 5.91 Å². The molecule has 0 unspecified atom stereocenters. The molecule has 0 bridgehead atoms. The molecule has 4 nitrogen and oxygen atoms in total. The molecule has 0 aliphatic heterocycles. The lowest BCUT2D eigenvalue weighted by molar-refractivity contribution is -0.121. The lowest BCUT2D eigenvalue weighted by Crippen LogP contribution is -2.24. The number of hydrogen-bond donors (Lipinski definition) is 2. The van der Waals surface area contributed by atoms with Gasteiger partial charge in [-0.1, -0.05) is 75.9 Å². The summed E-state index contributed by atoms with van der Waals surface area (Å²) in [6.45, 7) is 16.4. The third-order valence-corrected chi connectivity index (χ3v) is 4.60. The van der Waals surface area contributed by atoms with Crippen molar-refractivity contribution in [2.75, 3.05) is 31.4 Å². The molecule has 0 saturated carbocycles. The summed E-state index contributed by atoms with van der Waals surface area (Å²) < 4.78 is 5.52. The van der Waals surface area contributed by atoms with Crippen LogP contribution in [0.2, 0.25) is 6.82 Å². The van der Waals surface area contributed by atoms with Crippen LogP contribution >= 0.6 is 21.6 Å². The first-order valence-corrected chi connectivity index (χ1v) is 12.2. The molecule has 153 valence electrons. The average Bonchev–Trinajstić information content (AvgIpc) is 2.66. The number of carbonyl (C=O) groups is 1. The van der Waals surface area contributed by atoms with Gasteiger partial charge in [-0.15, -0.1) is 0 Å². The fourth-order valence-electron chi connectivity index (χ4n) is 1.45. The number of ether oxygens (including phenoxy) is 1. The maximum absolute atomic E-state index is 11.4. The van der Waals surface area contributed by atoms with Gasteiger partial charge >= 0.3 is 0 Å². The summed E-state index contributed by atoms with van der Waals surface area (Å²) in [6, 6.07) is 0.552. The maximum atomic E-state index is 11.4. The number of nitrogens with one attached hydrogen (secondary N) is 2. The molecule has 7 heteroatoms. The van der Waals surface area contributed by atoms with Gasteiger partial charge in [0, 0.05) is 31.4 Å². The average molecular weight is 403 g/mol. The molecule has 1 amide bonds. The lowest BCUT2D eigenvalue weighted by atomic mass is 9.84. The van der Waals surface area contributed by atoms with E-state index in [4.69, 9.17) is 4.74 Å². The van der Waals surface area contributed by atoms with Gasteiger partial charge in [-0.25, -0.2) is 0 Å². The van der Waals surface area contributed by atoms with E-state index in [0.717, 1.165) is 31.7 Å². The number of unbranched alkanes of at least 4 members (excludes halogenated alkanes) is 1. The Labute approximate surface area is 171 Å². The standard InChI is InChI=1S/C15H28BN2O2S2.2C2H6/c1-14(2)17-10-12-21-22-13-20-11-5-4-7-15(19)18-9-6-8-16-3;2*1-2/h14,17H,4-5,7,9-13H2,1-3H3,(H,18,19);2*1-2H3. The van der Waals surface area contributed by atoms with Gasteiger partial charge in [0.25, 0.3) is 0 Å². The summed E-state index contributed by atoms with van der Waals surface area (Å²) in [4.78, 5) is 11.4. The van der Waals surface area contributed by atoms with Gasteiger partial charge in [0.15, 0.2) is 0 Å². The summed E-state index contributed by atoms with van der Waals surface area (Å²) in [6.07, 6.45) is 2.32. The summed E-state index contributed by atoms with van der Waals surface area (Å²) in [5, 5.41) is 6.14. The highest BCUT2D eigenvalue weighted by molar-refractivity contribution is 8.76. The van der Waals surface area contributed by atoms with E-state index < -0.39 is 0 Å². The van der Waals surface area contributed by atoms with Crippen molar-refractivity contribution < 1.29 is 9.53 Å². The minimum atomic E-state index is 0.0630. The first-order valence-electron chi connectivity index (χ1n) is 9.75. The molecular formula is C19H40BN2O2S2. The van der Waals surface area contributed by atoms with Gasteiger partial charge in [-0.2, -0.15) is 5.82 Å². The quantitative estimate of drug-likeness (QED) is 0.157. The second-order valence-corrected chi connectivity index (χ2v) is 7.45. The van der Waals surface area contributed by atoms with Gasteiger partial charge in [-0.05, 0) is 12.8 Å². The second-order valence-electron chi connectivity index (χ2n) is 4.92. The zero-order valence-corrected chi connectivity index (χ0v) is 19.6. The summed E-state index contributed by atoms with van der Waals surface area (Å²) in [5.74, 6) is 7.50. The van der Waals surface area contributed by atoms with Crippen molar-refractivity contribution in [3.63, 3.8) is 0 Å². The van der Waals surface area contributed by atoms with Crippen molar-refractivity contribution in [3.05, 3.63) is 0 Å². The van der Waals surface area contributed by atoms with Crippen LogP contribution < -0.4 is 10.6 Å². The Kier molecular flexibility index (Phi) is 34.5. The van der Waals surface area contributed by atoms with E-state index in [0.29, 0.717) is 24.9 Å². The maximum Gasteiger partial charge on any atom is 0.220 e. The molecule has 1 radical (unpaired) electrons. The molecule has 0 fully saturated rings. The molecule has 0 rings (SSSR count). The molecular weight excluding hydrogens is 363 g/mol. The van der Waals surface area contributed by atoms with Crippen LogP contribution in [-0.4, -0.2) is 50.6 Å². The molecule has 0 aromatic carbocycles. The predicted octanol–water partition coefficient (Wildman–Crippen LogP) is 4.39. The molecule has 0 aliphatic carbocycles. The van der Waals surface area contributed by atoms with Crippen molar-refractivity contribution in [3.8, 4) is 11.7 Å². The molecule has 0 aromatic rings. The van der Waals surface area contributed by atoms with Gasteiger partial charge in [0.2, 0.25) is 13.2 Å². The Hall–Kier alpha value is -0.285. The molecule has 0 aliphatic rings. The van der Waals surface area contributed by atoms with Crippen LogP contribution in [0.4, 0.5) is 0 Å². The third kappa shape index (κ3) is 31.5. The molecule has 0 atom stereocenters. The first-order chi connectivity index (χ1) is 12.7.